The van der Waals surface area contributed by atoms with Crippen LogP contribution >= 0.6 is 0 Å². The highest BCUT2D eigenvalue weighted by Crippen LogP contribution is 2.23. The van der Waals surface area contributed by atoms with E-state index in [0.717, 1.165) is 38.2 Å². The van der Waals surface area contributed by atoms with Crippen LogP contribution < -0.4 is 4.90 Å². The molecule has 0 radical (unpaired) electrons. The molecule has 1 aliphatic heterocycles. The molecule has 1 amide bonds. The highest BCUT2D eigenvalue weighted by molar-refractivity contribution is 5.84. The Hall–Kier alpha value is -2.36. The molecule has 0 saturated carbocycles. The monoisotopic (exact) mass is 309 g/mol. The zero-order valence-electron chi connectivity index (χ0n) is 13.6. The molecular formula is C19H23N3O. The minimum absolute atomic E-state index is 0.0244. The Balaban J connectivity index is 1.64. The summed E-state index contributed by atoms with van der Waals surface area (Å²) in [4.78, 5) is 21.3. The first-order valence-corrected chi connectivity index (χ1v) is 8.28. The van der Waals surface area contributed by atoms with Gasteiger partial charge in [0.25, 0.3) is 0 Å². The quantitative estimate of drug-likeness (QED) is 0.871. The summed E-state index contributed by atoms with van der Waals surface area (Å²) in [7, 11) is 0. The van der Waals surface area contributed by atoms with Crippen molar-refractivity contribution < 1.29 is 4.79 Å². The Morgan fingerprint density at radius 2 is 1.70 bits per heavy atom. The molecule has 0 spiro atoms. The van der Waals surface area contributed by atoms with E-state index in [4.69, 9.17) is 0 Å². The molecule has 0 aliphatic carbocycles. The van der Waals surface area contributed by atoms with Crippen molar-refractivity contribution in [3.8, 4) is 0 Å². The summed E-state index contributed by atoms with van der Waals surface area (Å²) in [6.45, 7) is 5.40. The van der Waals surface area contributed by atoms with Gasteiger partial charge in [0.15, 0.2) is 0 Å². The lowest BCUT2D eigenvalue weighted by Crippen LogP contribution is -2.50. The van der Waals surface area contributed by atoms with Crippen molar-refractivity contribution in [2.45, 2.75) is 19.3 Å². The van der Waals surface area contributed by atoms with E-state index in [-0.39, 0.29) is 11.8 Å². The van der Waals surface area contributed by atoms with Crippen LogP contribution in [0.5, 0.6) is 0 Å². The summed E-state index contributed by atoms with van der Waals surface area (Å²) in [5.41, 5.74) is 2.30. The number of aromatic nitrogens is 1. The molecule has 1 saturated heterocycles. The Labute approximate surface area is 137 Å². The molecule has 1 aliphatic rings. The molecule has 1 atom stereocenters. The number of nitrogens with zero attached hydrogens (tertiary/aromatic N) is 3. The topological polar surface area (TPSA) is 36.4 Å². The van der Waals surface area contributed by atoms with Gasteiger partial charge < -0.3 is 9.80 Å². The van der Waals surface area contributed by atoms with Gasteiger partial charge in [0, 0.05) is 44.3 Å². The fourth-order valence-electron chi connectivity index (χ4n) is 3.20. The number of pyridine rings is 1. The normalized spacial score (nSPS) is 16.2. The van der Waals surface area contributed by atoms with E-state index in [1.54, 1.807) is 0 Å². The van der Waals surface area contributed by atoms with Crippen LogP contribution in [0.4, 0.5) is 5.69 Å². The third kappa shape index (κ3) is 3.52. The van der Waals surface area contributed by atoms with Gasteiger partial charge in [-0.05, 0) is 24.1 Å². The molecule has 2 heterocycles. The molecule has 0 bridgehead atoms. The Kier molecular flexibility index (Phi) is 4.91. The lowest BCUT2D eigenvalue weighted by atomic mass is 9.95. The molecule has 0 N–H and O–H groups in total. The number of piperazine rings is 1. The summed E-state index contributed by atoms with van der Waals surface area (Å²) in [6, 6.07) is 14.2. The molecule has 1 unspecified atom stereocenters. The van der Waals surface area contributed by atoms with Crippen molar-refractivity contribution in [1.82, 2.24) is 9.88 Å². The molecule has 23 heavy (non-hydrogen) atoms. The number of carbonyl (C=O) groups excluding carboxylic acids is 1. The standard InChI is InChI=1S/C19H23N3O/c1-2-18(16-6-4-3-5-7-16)19(23)22-14-12-21(13-15-22)17-8-10-20-11-9-17/h3-11,18H,2,12-15H2,1H3. The zero-order chi connectivity index (χ0) is 16.1. The number of hydrogen-bond donors (Lipinski definition) is 0. The van der Waals surface area contributed by atoms with Gasteiger partial charge in [0.2, 0.25) is 5.91 Å². The molecule has 120 valence electrons. The van der Waals surface area contributed by atoms with Crippen molar-refractivity contribution in [3.05, 3.63) is 60.4 Å². The minimum atomic E-state index is -0.0244. The smallest absolute Gasteiger partial charge is 0.230 e. The summed E-state index contributed by atoms with van der Waals surface area (Å²) < 4.78 is 0. The average molecular weight is 309 g/mol. The third-order valence-electron chi connectivity index (χ3n) is 4.53. The zero-order valence-corrected chi connectivity index (χ0v) is 13.6. The summed E-state index contributed by atoms with van der Waals surface area (Å²) in [5.74, 6) is 0.233. The lowest BCUT2D eigenvalue weighted by molar-refractivity contribution is -0.133. The number of hydrogen-bond acceptors (Lipinski definition) is 3. The largest absolute Gasteiger partial charge is 0.368 e. The second-order valence-electron chi connectivity index (χ2n) is 5.89. The van der Waals surface area contributed by atoms with E-state index in [1.165, 1.54) is 5.69 Å². The fourth-order valence-corrected chi connectivity index (χ4v) is 3.20. The number of carbonyl (C=O) groups is 1. The van der Waals surface area contributed by atoms with Gasteiger partial charge in [0.1, 0.15) is 0 Å². The third-order valence-corrected chi connectivity index (χ3v) is 4.53. The predicted octanol–water partition coefficient (Wildman–Crippen LogP) is 2.92. The number of amides is 1. The Morgan fingerprint density at radius 3 is 2.30 bits per heavy atom. The number of rotatable bonds is 4. The first-order chi connectivity index (χ1) is 11.3. The van der Waals surface area contributed by atoms with Crippen LogP contribution in [0, 0.1) is 0 Å². The Bertz CT molecular complexity index is 622. The first-order valence-electron chi connectivity index (χ1n) is 8.28. The van der Waals surface area contributed by atoms with Gasteiger partial charge in [0.05, 0.1) is 5.92 Å². The van der Waals surface area contributed by atoms with Crippen LogP contribution in [0.2, 0.25) is 0 Å². The van der Waals surface area contributed by atoms with Gasteiger partial charge >= 0.3 is 0 Å². The molecule has 1 aromatic heterocycles. The van der Waals surface area contributed by atoms with Crippen LogP contribution in [0.15, 0.2) is 54.9 Å². The molecule has 1 aromatic carbocycles. The van der Waals surface area contributed by atoms with Crippen molar-refractivity contribution in [2.75, 3.05) is 31.1 Å². The van der Waals surface area contributed by atoms with Gasteiger partial charge in [-0.15, -0.1) is 0 Å². The van der Waals surface area contributed by atoms with E-state index in [2.05, 4.69) is 28.9 Å². The van der Waals surface area contributed by atoms with E-state index in [1.807, 2.05) is 47.6 Å². The molecule has 1 fully saturated rings. The van der Waals surface area contributed by atoms with Gasteiger partial charge in [-0.25, -0.2) is 0 Å². The number of anilines is 1. The minimum Gasteiger partial charge on any atom is -0.368 e. The molecule has 4 heteroatoms. The van der Waals surface area contributed by atoms with Crippen LogP contribution in [0.1, 0.15) is 24.8 Å². The highest BCUT2D eigenvalue weighted by Gasteiger charge is 2.27. The maximum Gasteiger partial charge on any atom is 0.230 e. The van der Waals surface area contributed by atoms with E-state index < -0.39 is 0 Å². The first kappa shape index (κ1) is 15.5. The molecule has 2 aromatic rings. The van der Waals surface area contributed by atoms with E-state index in [9.17, 15) is 4.79 Å². The molecule has 4 nitrogen and oxygen atoms in total. The maximum absolute atomic E-state index is 12.9. The second kappa shape index (κ2) is 7.27. The van der Waals surface area contributed by atoms with Crippen molar-refractivity contribution in [1.29, 1.82) is 0 Å². The molecule has 3 rings (SSSR count). The van der Waals surface area contributed by atoms with E-state index >= 15 is 0 Å². The van der Waals surface area contributed by atoms with Crippen molar-refractivity contribution >= 4 is 11.6 Å². The molecular weight excluding hydrogens is 286 g/mol. The van der Waals surface area contributed by atoms with Crippen LogP contribution in [0.3, 0.4) is 0 Å². The van der Waals surface area contributed by atoms with Gasteiger partial charge in [-0.3, -0.25) is 9.78 Å². The Morgan fingerprint density at radius 1 is 1.04 bits per heavy atom. The summed E-state index contributed by atoms with van der Waals surface area (Å²) in [5, 5.41) is 0. The van der Waals surface area contributed by atoms with E-state index in [0.29, 0.717) is 0 Å². The van der Waals surface area contributed by atoms with Crippen LogP contribution in [0.25, 0.3) is 0 Å². The predicted molar refractivity (Wildman–Crippen MR) is 92.5 cm³/mol. The maximum atomic E-state index is 12.9. The number of benzene rings is 1. The van der Waals surface area contributed by atoms with Crippen LogP contribution in [-0.4, -0.2) is 42.0 Å². The van der Waals surface area contributed by atoms with Gasteiger partial charge in [-0.1, -0.05) is 37.3 Å². The van der Waals surface area contributed by atoms with Crippen molar-refractivity contribution in [2.24, 2.45) is 0 Å². The SMILES string of the molecule is CCC(C(=O)N1CCN(c2ccncc2)CC1)c1ccccc1. The highest BCUT2D eigenvalue weighted by atomic mass is 16.2. The average Bonchev–Trinajstić information content (AvgIpc) is 2.64. The van der Waals surface area contributed by atoms with Gasteiger partial charge in [-0.2, -0.15) is 0 Å². The lowest BCUT2D eigenvalue weighted by Gasteiger charge is -2.37. The summed E-state index contributed by atoms with van der Waals surface area (Å²) in [6.07, 6.45) is 4.47. The second-order valence-corrected chi connectivity index (χ2v) is 5.89. The van der Waals surface area contributed by atoms with Crippen LogP contribution in [-0.2, 0) is 4.79 Å². The fraction of sp³-hybridized carbons (Fsp3) is 0.368. The summed E-state index contributed by atoms with van der Waals surface area (Å²) >= 11 is 0. The van der Waals surface area contributed by atoms with Crippen molar-refractivity contribution in [3.63, 3.8) is 0 Å².